The molecule has 2 atom stereocenters. The molecule has 1 saturated carbocycles. The molecular weight excluding hydrogens is 176 g/mol. The predicted molar refractivity (Wildman–Crippen MR) is 43.4 cm³/mol. The van der Waals surface area contributed by atoms with E-state index in [0.29, 0.717) is 13.0 Å². The van der Waals surface area contributed by atoms with E-state index in [4.69, 9.17) is 0 Å². The van der Waals surface area contributed by atoms with Crippen molar-refractivity contribution < 1.29 is 13.6 Å². The second-order valence-electron chi connectivity index (χ2n) is 4.31. The molecule has 0 aromatic heterocycles. The topological polar surface area (TPSA) is 20.3 Å². The van der Waals surface area contributed by atoms with E-state index >= 15 is 0 Å². The maximum atomic E-state index is 13.2. The van der Waals surface area contributed by atoms with Crippen molar-refractivity contribution >= 4 is 5.91 Å². The van der Waals surface area contributed by atoms with Crippen LogP contribution in [0.3, 0.4) is 0 Å². The van der Waals surface area contributed by atoms with E-state index in [0.717, 1.165) is 0 Å². The van der Waals surface area contributed by atoms with Crippen LogP contribution < -0.4 is 0 Å². The standard InChI is InChI=1S/C9H13F2NO/c1-6(13)12-4-3-8(2)7(5-12)9(8,10)11/h7H,3-5H2,1-2H3. The second-order valence-corrected chi connectivity index (χ2v) is 4.31. The van der Waals surface area contributed by atoms with Gasteiger partial charge in [-0.25, -0.2) is 8.78 Å². The fraction of sp³-hybridized carbons (Fsp3) is 0.889. The molecule has 0 bridgehead atoms. The number of amides is 1. The molecule has 0 aromatic carbocycles. The van der Waals surface area contributed by atoms with Gasteiger partial charge in [0.25, 0.3) is 5.92 Å². The fourth-order valence-electron chi connectivity index (χ4n) is 2.30. The summed E-state index contributed by atoms with van der Waals surface area (Å²) in [6.45, 7) is 3.77. The molecule has 2 aliphatic rings. The smallest absolute Gasteiger partial charge is 0.259 e. The molecule has 1 saturated heterocycles. The highest BCUT2D eigenvalue weighted by Gasteiger charge is 2.78. The molecule has 13 heavy (non-hydrogen) atoms. The third kappa shape index (κ3) is 0.944. The van der Waals surface area contributed by atoms with E-state index in [9.17, 15) is 13.6 Å². The van der Waals surface area contributed by atoms with Crippen LogP contribution in [-0.4, -0.2) is 29.8 Å². The minimum absolute atomic E-state index is 0.0928. The summed E-state index contributed by atoms with van der Waals surface area (Å²) in [7, 11) is 0. The number of alkyl halides is 2. The number of halogens is 2. The van der Waals surface area contributed by atoms with Crippen molar-refractivity contribution in [2.75, 3.05) is 13.1 Å². The number of fused-ring (bicyclic) bond motifs is 1. The molecule has 0 spiro atoms. The van der Waals surface area contributed by atoms with Crippen LogP contribution in [0.5, 0.6) is 0 Å². The fourth-order valence-corrected chi connectivity index (χ4v) is 2.30. The summed E-state index contributed by atoms with van der Waals surface area (Å²) in [6, 6.07) is 0. The highest BCUT2D eigenvalue weighted by Crippen LogP contribution is 2.69. The average Bonchev–Trinajstić information content (AvgIpc) is 2.46. The van der Waals surface area contributed by atoms with E-state index in [1.54, 1.807) is 6.92 Å². The summed E-state index contributed by atoms with van der Waals surface area (Å²) in [4.78, 5) is 12.5. The number of carbonyl (C=O) groups is 1. The number of piperidine rings is 1. The van der Waals surface area contributed by atoms with Gasteiger partial charge in [0.15, 0.2) is 0 Å². The zero-order chi connectivity index (χ0) is 9.85. The van der Waals surface area contributed by atoms with Crippen molar-refractivity contribution in [1.29, 1.82) is 0 Å². The molecule has 1 amide bonds. The minimum Gasteiger partial charge on any atom is -0.342 e. The highest BCUT2D eigenvalue weighted by atomic mass is 19.3. The van der Waals surface area contributed by atoms with Gasteiger partial charge in [-0.3, -0.25) is 4.79 Å². The Morgan fingerprint density at radius 1 is 1.54 bits per heavy atom. The largest absolute Gasteiger partial charge is 0.342 e. The van der Waals surface area contributed by atoms with Gasteiger partial charge < -0.3 is 4.90 Å². The third-order valence-corrected chi connectivity index (χ3v) is 3.63. The number of nitrogens with zero attached hydrogens (tertiary/aromatic N) is 1. The van der Waals surface area contributed by atoms with E-state index in [2.05, 4.69) is 0 Å². The second kappa shape index (κ2) is 2.22. The normalized spacial score (nSPS) is 41.2. The SMILES string of the molecule is CC(=O)N1CCC2(C)C(C1)C2(F)F. The Labute approximate surface area is 75.9 Å². The van der Waals surface area contributed by atoms with Crippen molar-refractivity contribution in [2.24, 2.45) is 11.3 Å². The van der Waals surface area contributed by atoms with Gasteiger partial charge in [0.2, 0.25) is 5.91 Å². The Hall–Kier alpha value is -0.670. The Morgan fingerprint density at radius 3 is 2.62 bits per heavy atom. The van der Waals surface area contributed by atoms with Gasteiger partial charge in [-0.15, -0.1) is 0 Å². The van der Waals surface area contributed by atoms with Crippen molar-refractivity contribution in [3.63, 3.8) is 0 Å². The van der Waals surface area contributed by atoms with Crippen LogP contribution in [0, 0.1) is 11.3 Å². The minimum atomic E-state index is -2.54. The maximum Gasteiger partial charge on any atom is 0.259 e. The quantitative estimate of drug-likeness (QED) is 0.565. The summed E-state index contributed by atoms with van der Waals surface area (Å²) < 4.78 is 26.4. The van der Waals surface area contributed by atoms with Crippen molar-refractivity contribution in [1.82, 2.24) is 4.90 Å². The van der Waals surface area contributed by atoms with Gasteiger partial charge in [0, 0.05) is 25.4 Å². The van der Waals surface area contributed by atoms with Gasteiger partial charge in [-0.05, 0) is 6.42 Å². The molecule has 0 N–H and O–H groups in total. The molecule has 0 radical (unpaired) electrons. The van der Waals surface area contributed by atoms with Gasteiger partial charge in [-0.2, -0.15) is 0 Å². The Balaban J connectivity index is 2.11. The lowest BCUT2D eigenvalue weighted by Crippen LogP contribution is -2.37. The molecular formula is C9H13F2NO. The van der Waals surface area contributed by atoms with Crippen LogP contribution in [0.1, 0.15) is 20.3 Å². The van der Waals surface area contributed by atoms with Gasteiger partial charge in [0.1, 0.15) is 0 Å². The molecule has 1 aliphatic carbocycles. The van der Waals surface area contributed by atoms with E-state index < -0.39 is 17.3 Å². The van der Waals surface area contributed by atoms with Crippen LogP contribution in [0.15, 0.2) is 0 Å². The number of likely N-dealkylation sites (tertiary alicyclic amines) is 1. The Bertz CT molecular complexity index is 266. The zero-order valence-electron chi connectivity index (χ0n) is 7.81. The molecule has 0 aromatic rings. The first-order chi connectivity index (χ1) is 5.89. The summed E-state index contributed by atoms with van der Waals surface area (Å²) >= 11 is 0. The lowest BCUT2D eigenvalue weighted by Gasteiger charge is -2.27. The zero-order valence-corrected chi connectivity index (χ0v) is 7.81. The average molecular weight is 189 g/mol. The third-order valence-electron chi connectivity index (χ3n) is 3.63. The van der Waals surface area contributed by atoms with E-state index in [-0.39, 0.29) is 12.5 Å². The summed E-state index contributed by atoms with van der Waals surface area (Å²) in [6.07, 6.45) is 0.435. The molecule has 2 fully saturated rings. The Kier molecular flexibility index (Phi) is 1.52. The first-order valence-corrected chi connectivity index (χ1v) is 4.53. The summed E-state index contributed by atoms with van der Waals surface area (Å²) in [5.74, 6) is -3.24. The van der Waals surface area contributed by atoms with Gasteiger partial charge in [0.05, 0.1) is 5.92 Å². The molecule has 1 heterocycles. The van der Waals surface area contributed by atoms with Crippen molar-refractivity contribution in [2.45, 2.75) is 26.2 Å². The number of hydrogen-bond donors (Lipinski definition) is 0. The monoisotopic (exact) mass is 189 g/mol. The molecule has 2 rings (SSSR count). The number of carbonyl (C=O) groups excluding carboxylic acids is 1. The van der Waals surface area contributed by atoms with Crippen LogP contribution >= 0.6 is 0 Å². The van der Waals surface area contributed by atoms with Crippen molar-refractivity contribution in [3.8, 4) is 0 Å². The lowest BCUT2D eigenvalue weighted by atomic mass is 9.97. The van der Waals surface area contributed by atoms with Crippen LogP contribution in [0.25, 0.3) is 0 Å². The lowest BCUT2D eigenvalue weighted by molar-refractivity contribution is -0.130. The molecule has 2 unspecified atom stereocenters. The highest BCUT2D eigenvalue weighted by molar-refractivity contribution is 5.73. The molecule has 4 heteroatoms. The van der Waals surface area contributed by atoms with Crippen LogP contribution in [0.2, 0.25) is 0 Å². The molecule has 2 nitrogen and oxygen atoms in total. The molecule has 1 aliphatic heterocycles. The predicted octanol–water partition coefficient (Wildman–Crippen LogP) is 1.51. The number of rotatable bonds is 0. The van der Waals surface area contributed by atoms with Gasteiger partial charge in [-0.1, -0.05) is 6.92 Å². The van der Waals surface area contributed by atoms with Crippen molar-refractivity contribution in [3.05, 3.63) is 0 Å². The van der Waals surface area contributed by atoms with Gasteiger partial charge >= 0.3 is 0 Å². The van der Waals surface area contributed by atoms with Crippen LogP contribution in [-0.2, 0) is 4.79 Å². The first-order valence-electron chi connectivity index (χ1n) is 4.53. The number of hydrogen-bond acceptors (Lipinski definition) is 1. The summed E-state index contributed by atoms with van der Waals surface area (Å²) in [5, 5.41) is 0. The Morgan fingerprint density at radius 2 is 2.15 bits per heavy atom. The maximum absolute atomic E-state index is 13.2. The molecule has 74 valence electrons. The van der Waals surface area contributed by atoms with E-state index in [1.165, 1.54) is 11.8 Å². The summed E-state index contributed by atoms with van der Waals surface area (Å²) in [5.41, 5.74) is -0.820. The first kappa shape index (κ1) is 8.91. The van der Waals surface area contributed by atoms with Crippen LogP contribution in [0.4, 0.5) is 8.78 Å². The van der Waals surface area contributed by atoms with E-state index in [1.807, 2.05) is 0 Å².